The Bertz CT molecular complexity index is 713. The zero-order valence-electron chi connectivity index (χ0n) is 15.6. The first kappa shape index (κ1) is 18.1. The molecule has 0 radical (unpaired) electrons. The molecule has 0 aromatic heterocycles. The van der Waals surface area contributed by atoms with Crippen molar-refractivity contribution >= 4 is 11.6 Å². The predicted molar refractivity (Wildman–Crippen MR) is 98.8 cm³/mol. The molecule has 27 heavy (non-hydrogen) atoms. The maximum absolute atomic E-state index is 12.3. The summed E-state index contributed by atoms with van der Waals surface area (Å²) < 4.78 is 10.7. The van der Waals surface area contributed by atoms with Gasteiger partial charge in [-0.1, -0.05) is 0 Å². The van der Waals surface area contributed by atoms with Crippen molar-refractivity contribution in [1.29, 1.82) is 0 Å². The summed E-state index contributed by atoms with van der Waals surface area (Å²) in [7, 11) is 1.46. The molecule has 4 saturated carbocycles. The summed E-state index contributed by atoms with van der Waals surface area (Å²) in [5, 5.41) is 14.0. The molecule has 4 aliphatic carbocycles. The third-order valence-electron chi connectivity index (χ3n) is 6.54. The Morgan fingerprint density at radius 3 is 2.37 bits per heavy atom. The Balaban J connectivity index is 1.33. The summed E-state index contributed by atoms with van der Waals surface area (Å²) in [5.74, 6) is 2.92. The van der Waals surface area contributed by atoms with Gasteiger partial charge in [-0.25, -0.2) is 0 Å². The van der Waals surface area contributed by atoms with E-state index in [-0.39, 0.29) is 29.4 Å². The van der Waals surface area contributed by atoms with Gasteiger partial charge in [-0.3, -0.25) is 14.9 Å². The van der Waals surface area contributed by atoms with Crippen LogP contribution in [0.15, 0.2) is 18.2 Å². The van der Waals surface area contributed by atoms with E-state index in [0.29, 0.717) is 12.3 Å². The van der Waals surface area contributed by atoms with Crippen LogP contribution in [0.2, 0.25) is 0 Å². The SMILES string of the molecule is COc1ccc([N+](=O)[O-])cc1OCC(=O)NCC12CC3CC(CC(C3)C1)C2. The summed E-state index contributed by atoms with van der Waals surface area (Å²) in [6, 6.07) is 4.10. The van der Waals surface area contributed by atoms with Crippen molar-refractivity contribution < 1.29 is 19.2 Å². The molecule has 1 N–H and O–H groups in total. The molecule has 1 aromatic carbocycles. The van der Waals surface area contributed by atoms with Gasteiger partial charge < -0.3 is 14.8 Å². The smallest absolute Gasteiger partial charge is 0.273 e. The number of rotatable bonds is 7. The fourth-order valence-electron chi connectivity index (χ4n) is 5.88. The zero-order chi connectivity index (χ0) is 19.0. The number of nitro benzene ring substituents is 1. The number of carbonyl (C=O) groups is 1. The maximum atomic E-state index is 12.3. The number of hydrogen-bond donors (Lipinski definition) is 1. The van der Waals surface area contributed by atoms with Crippen molar-refractivity contribution in [3.63, 3.8) is 0 Å². The van der Waals surface area contributed by atoms with E-state index in [4.69, 9.17) is 9.47 Å². The molecular weight excluding hydrogens is 348 g/mol. The summed E-state index contributed by atoms with van der Waals surface area (Å²) in [6.45, 7) is 0.536. The molecular formula is C20H26N2O5. The van der Waals surface area contributed by atoms with Gasteiger partial charge in [0.25, 0.3) is 11.6 Å². The number of nitrogens with zero attached hydrogens (tertiary/aromatic N) is 1. The molecule has 0 heterocycles. The third-order valence-corrected chi connectivity index (χ3v) is 6.54. The second-order valence-electron chi connectivity index (χ2n) is 8.58. The number of nitro groups is 1. The Hall–Kier alpha value is -2.31. The number of amides is 1. The molecule has 5 rings (SSSR count). The first-order chi connectivity index (χ1) is 13.0. The largest absolute Gasteiger partial charge is 0.493 e. The average Bonchev–Trinajstić information content (AvgIpc) is 2.63. The Morgan fingerprint density at radius 1 is 1.19 bits per heavy atom. The molecule has 0 spiro atoms. The van der Waals surface area contributed by atoms with Crippen molar-refractivity contribution in [3.8, 4) is 11.5 Å². The van der Waals surface area contributed by atoms with E-state index >= 15 is 0 Å². The lowest BCUT2D eigenvalue weighted by Crippen LogP contribution is -2.51. The number of ether oxygens (including phenoxy) is 2. The van der Waals surface area contributed by atoms with E-state index in [1.807, 2.05) is 0 Å². The van der Waals surface area contributed by atoms with Gasteiger partial charge in [-0.05, 0) is 67.8 Å². The van der Waals surface area contributed by atoms with Crippen LogP contribution in [0, 0.1) is 33.3 Å². The quantitative estimate of drug-likeness (QED) is 0.584. The Kier molecular flexibility index (Phi) is 4.70. The van der Waals surface area contributed by atoms with Crippen molar-refractivity contribution in [2.75, 3.05) is 20.3 Å². The number of carbonyl (C=O) groups excluding carboxylic acids is 1. The second kappa shape index (κ2) is 7.02. The van der Waals surface area contributed by atoms with Crippen LogP contribution in [0.4, 0.5) is 5.69 Å². The van der Waals surface area contributed by atoms with E-state index in [9.17, 15) is 14.9 Å². The maximum Gasteiger partial charge on any atom is 0.273 e. The van der Waals surface area contributed by atoms with Crippen molar-refractivity contribution in [2.45, 2.75) is 38.5 Å². The fourth-order valence-corrected chi connectivity index (χ4v) is 5.88. The van der Waals surface area contributed by atoms with Crippen molar-refractivity contribution in [1.82, 2.24) is 5.32 Å². The first-order valence-electron chi connectivity index (χ1n) is 9.68. The highest BCUT2D eigenvalue weighted by molar-refractivity contribution is 5.77. The van der Waals surface area contributed by atoms with Crippen molar-refractivity contribution in [3.05, 3.63) is 28.3 Å². The van der Waals surface area contributed by atoms with E-state index in [2.05, 4.69) is 5.32 Å². The molecule has 4 fully saturated rings. The minimum Gasteiger partial charge on any atom is -0.493 e. The summed E-state index contributed by atoms with van der Waals surface area (Å²) in [4.78, 5) is 22.7. The minimum absolute atomic E-state index is 0.0974. The summed E-state index contributed by atoms with van der Waals surface area (Å²) >= 11 is 0. The van der Waals surface area contributed by atoms with Crippen LogP contribution in [0.25, 0.3) is 0 Å². The van der Waals surface area contributed by atoms with E-state index in [1.54, 1.807) is 0 Å². The molecule has 1 amide bonds. The summed E-state index contributed by atoms with van der Waals surface area (Å²) in [5.41, 5.74) is 0.174. The molecule has 0 aliphatic heterocycles. The number of non-ortho nitro benzene ring substituents is 1. The molecule has 0 saturated heterocycles. The number of benzene rings is 1. The minimum atomic E-state index is -0.501. The van der Waals surface area contributed by atoms with Gasteiger partial charge in [0.2, 0.25) is 0 Å². The van der Waals surface area contributed by atoms with Crippen LogP contribution in [0.5, 0.6) is 11.5 Å². The highest BCUT2D eigenvalue weighted by atomic mass is 16.6. The van der Waals surface area contributed by atoms with Gasteiger partial charge in [-0.15, -0.1) is 0 Å². The van der Waals surface area contributed by atoms with Crippen LogP contribution in [0.1, 0.15) is 38.5 Å². The van der Waals surface area contributed by atoms with Crippen LogP contribution >= 0.6 is 0 Å². The Morgan fingerprint density at radius 2 is 1.81 bits per heavy atom. The molecule has 0 unspecified atom stereocenters. The van der Waals surface area contributed by atoms with Gasteiger partial charge in [0.15, 0.2) is 18.1 Å². The first-order valence-corrected chi connectivity index (χ1v) is 9.68. The van der Waals surface area contributed by atoms with Gasteiger partial charge in [-0.2, -0.15) is 0 Å². The molecule has 7 nitrogen and oxygen atoms in total. The highest BCUT2D eigenvalue weighted by Crippen LogP contribution is 2.59. The molecule has 4 aliphatic rings. The third kappa shape index (κ3) is 3.73. The average molecular weight is 374 g/mol. The van der Waals surface area contributed by atoms with Gasteiger partial charge >= 0.3 is 0 Å². The number of methoxy groups -OCH3 is 1. The lowest BCUT2D eigenvalue weighted by molar-refractivity contribution is -0.385. The topological polar surface area (TPSA) is 90.7 Å². The predicted octanol–water partition coefficient (Wildman–Crippen LogP) is 3.31. The van der Waals surface area contributed by atoms with E-state index < -0.39 is 4.92 Å². The van der Waals surface area contributed by atoms with Crippen molar-refractivity contribution in [2.24, 2.45) is 23.2 Å². The van der Waals surface area contributed by atoms with Crippen LogP contribution < -0.4 is 14.8 Å². The van der Waals surface area contributed by atoms with Crippen LogP contribution in [0.3, 0.4) is 0 Å². The monoisotopic (exact) mass is 374 g/mol. The number of nitrogens with one attached hydrogen (secondary N) is 1. The summed E-state index contributed by atoms with van der Waals surface area (Å²) in [6.07, 6.45) is 7.84. The second-order valence-corrected chi connectivity index (χ2v) is 8.58. The highest BCUT2D eigenvalue weighted by Gasteiger charge is 2.50. The van der Waals surface area contributed by atoms with E-state index in [0.717, 1.165) is 17.8 Å². The molecule has 1 aromatic rings. The van der Waals surface area contributed by atoms with Gasteiger partial charge in [0.05, 0.1) is 18.1 Å². The molecule has 146 valence electrons. The lowest BCUT2D eigenvalue weighted by Gasteiger charge is -2.56. The van der Waals surface area contributed by atoms with Crippen LogP contribution in [-0.2, 0) is 4.79 Å². The van der Waals surface area contributed by atoms with Crippen LogP contribution in [-0.4, -0.2) is 31.1 Å². The number of hydrogen-bond acceptors (Lipinski definition) is 5. The molecule has 0 atom stereocenters. The van der Waals surface area contributed by atoms with E-state index in [1.165, 1.54) is 63.8 Å². The lowest BCUT2D eigenvalue weighted by atomic mass is 9.49. The van der Waals surface area contributed by atoms with Gasteiger partial charge in [0.1, 0.15) is 0 Å². The standard InChI is InChI=1S/C20H26N2O5/c1-26-17-3-2-16(22(24)25)7-18(17)27-11-19(23)21-12-20-8-13-4-14(9-20)6-15(5-13)10-20/h2-3,7,13-15H,4-6,8-12H2,1H3,(H,21,23). The molecule has 4 bridgehead atoms. The fraction of sp³-hybridized carbons (Fsp3) is 0.650. The zero-order valence-corrected chi connectivity index (χ0v) is 15.6. The normalized spacial score (nSPS) is 30.8. The Labute approximate surface area is 158 Å². The van der Waals surface area contributed by atoms with Gasteiger partial charge in [0, 0.05) is 12.6 Å². The molecule has 7 heteroatoms.